The maximum Gasteiger partial charge on any atom is 0.177 e. The third-order valence-corrected chi connectivity index (χ3v) is 7.78. The number of nitrogens with one attached hydrogen (secondary N) is 1. The van der Waals surface area contributed by atoms with Crippen molar-refractivity contribution in [2.75, 3.05) is 11.9 Å². The molecular weight excluding hydrogens is 434 g/mol. The molecule has 0 amide bonds. The fourth-order valence-electron chi connectivity index (χ4n) is 6.17. The number of hydrogen-bond acceptors (Lipinski definition) is 8. The van der Waals surface area contributed by atoms with Crippen LogP contribution in [0.4, 0.5) is 5.82 Å². The molecule has 2 aliphatic carbocycles. The molecule has 3 aromatic rings. The molecule has 1 spiro atoms. The highest BCUT2D eigenvalue weighted by Gasteiger charge is 2.60. The Morgan fingerprint density at radius 1 is 1.00 bits per heavy atom. The van der Waals surface area contributed by atoms with Gasteiger partial charge in [-0.05, 0) is 24.0 Å². The Morgan fingerprint density at radius 2 is 1.76 bits per heavy atom. The van der Waals surface area contributed by atoms with Crippen molar-refractivity contribution in [1.29, 1.82) is 0 Å². The van der Waals surface area contributed by atoms with Crippen LogP contribution < -0.4 is 5.32 Å². The number of ether oxygens (including phenoxy) is 3. The van der Waals surface area contributed by atoms with Crippen LogP contribution in [-0.2, 0) is 27.1 Å². The number of anilines is 1. The molecule has 0 unspecified atom stereocenters. The number of hydrogen-bond donors (Lipinski definition) is 2. The lowest BCUT2D eigenvalue weighted by Crippen LogP contribution is -2.36. The zero-order valence-electron chi connectivity index (χ0n) is 19.0. The maximum absolute atomic E-state index is 10.1. The molecule has 2 saturated heterocycles. The minimum Gasteiger partial charge on any atom is -0.394 e. The summed E-state index contributed by atoms with van der Waals surface area (Å²) in [7, 11) is 0. The van der Waals surface area contributed by atoms with E-state index in [9.17, 15) is 5.11 Å². The van der Waals surface area contributed by atoms with Gasteiger partial charge in [0.15, 0.2) is 29.0 Å². The van der Waals surface area contributed by atoms with Gasteiger partial charge in [0.25, 0.3) is 0 Å². The van der Waals surface area contributed by atoms with E-state index in [1.165, 1.54) is 30.4 Å². The molecule has 4 atom stereocenters. The van der Waals surface area contributed by atoms with E-state index < -0.39 is 18.1 Å². The summed E-state index contributed by atoms with van der Waals surface area (Å²) >= 11 is 0. The highest BCUT2D eigenvalue weighted by atomic mass is 16.8. The summed E-state index contributed by atoms with van der Waals surface area (Å²) in [5.74, 6) is 0.0447. The molecule has 4 aliphatic rings. The highest BCUT2D eigenvalue weighted by Crippen LogP contribution is 2.48. The number of fused-ring (bicyclic) bond motifs is 3. The molecule has 178 valence electrons. The van der Waals surface area contributed by atoms with Crippen LogP contribution in [-0.4, -0.2) is 61.4 Å². The molecule has 34 heavy (non-hydrogen) atoms. The smallest absolute Gasteiger partial charge is 0.177 e. The van der Waals surface area contributed by atoms with Crippen LogP contribution in [0.5, 0.6) is 0 Å². The van der Waals surface area contributed by atoms with Gasteiger partial charge in [0, 0.05) is 18.9 Å². The van der Waals surface area contributed by atoms with Gasteiger partial charge in [-0.1, -0.05) is 43.5 Å². The molecule has 1 aromatic carbocycles. The zero-order chi connectivity index (χ0) is 22.7. The number of aliphatic hydroxyl groups is 1. The average Bonchev–Trinajstić information content (AvgIpc) is 3.61. The third-order valence-electron chi connectivity index (χ3n) is 7.78. The van der Waals surface area contributed by atoms with Gasteiger partial charge in [-0.15, -0.1) is 0 Å². The zero-order valence-corrected chi connectivity index (χ0v) is 19.0. The molecule has 2 aliphatic heterocycles. The highest BCUT2D eigenvalue weighted by molar-refractivity contribution is 5.82. The van der Waals surface area contributed by atoms with E-state index in [0.29, 0.717) is 24.5 Å². The summed E-state index contributed by atoms with van der Waals surface area (Å²) in [6, 6.07) is 8.77. The largest absolute Gasteiger partial charge is 0.394 e. The number of rotatable bonds is 4. The fraction of sp³-hybridized carbons (Fsp3) is 0.560. The van der Waals surface area contributed by atoms with Crippen LogP contribution in [0.15, 0.2) is 36.9 Å². The third kappa shape index (κ3) is 3.25. The summed E-state index contributed by atoms with van der Waals surface area (Å²) in [4.78, 5) is 13.7. The molecular formula is C25H29N5O4. The normalized spacial score (nSPS) is 30.1. The molecule has 9 nitrogen and oxygen atoms in total. The first-order chi connectivity index (χ1) is 16.7. The molecule has 2 N–H and O–H groups in total. The summed E-state index contributed by atoms with van der Waals surface area (Å²) in [5, 5.41) is 13.6. The standard InChI is InChI=1S/C25H29N5O4/c31-12-18-20-21(34-25(33-20)10-15-6-4-5-7-16(15)11-25)24(32-18)30-14-28-19-22(26-13-27-23(19)30)29-17-8-2-1-3-9-17/h4-7,13-14,17-18,20-21,24,31H,1-3,8-12H2,(H,26,27,29)/t18-,20-,21-,24-/m1/s1. The van der Waals surface area contributed by atoms with Crippen molar-refractivity contribution in [2.45, 2.75) is 81.3 Å². The van der Waals surface area contributed by atoms with E-state index in [2.05, 4.69) is 32.4 Å². The molecule has 0 radical (unpaired) electrons. The van der Waals surface area contributed by atoms with Crippen LogP contribution in [0, 0.1) is 0 Å². The Labute approximate surface area is 197 Å². The van der Waals surface area contributed by atoms with Crippen molar-refractivity contribution >= 4 is 17.0 Å². The summed E-state index contributed by atoms with van der Waals surface area (Å²) in [6.45, 7) is -0.139. The van der Waals surface area contributed by atoms with Gasteiger partial charge < -0.3 is 24.6 Å². The van der Waals surface area contributed by atoms with E-state index in [1.807, 2.05) is 16.7 Å². The van der Waals surface area contributed by atoms with E-state index in [1.54, 1.807) is 12.7 Å². The lowest BCUT2D eigenvalue weighted by molar-refractivity contribution is -0.213. The second-order valence-electron chi connectivity index (χ2n) is 9.97. The molecule has 4 heterocycles. The lowest BCUT2D eigenvalue weighted by atomic mass is 9.95. The number of benzene rings is 1. The SMILES string of the molecule is OC[C@H]1O[C@@H](n2cnc3c(NC4CCCCC4)ncnc32)[C@@H]2OC3(Cc4ccccc4C3)O[C@@H]21. The molecule has 0 bridgehead atoms. The number of aromatic nitrogens is 4. The molecule has 9 heteroatoms. The second-order valence-corrected chi connectivity index (χ2v) is 9.97. The Hall–Kier alpha value is -2.59. The van der Waals surface area contributed by atoms with Gasteiger partial charge in [0.05, 0.1) is 12.9 Å². The van der Waals surface area contributed by atoms with Crippen molar-refractivity contribution in [1.82, 2.24) is 19.5 Å². The first-order valence-electron chi connectivity index (χ1n) is 12.4. The van der Waals surface area contributed by atoms with Crippen LogP contribution >= 0.6 is 0 Å². The molecule has 3 fully saturated rings. The molecule has 7 rings (SSSR count). The summed E-state index contributed by atoms with van der Waals surface area (Å²) < 4.78 is 21.3. The van der Waals surface area contributed by atoms with Crippen molar-refractivity contribution in [3.05, 3.63) is 48.0 Å². The lowest BCUT2D eigenvalue weighted by Gasteiger charge is -2.27. The van der Waals surface area contributed by atoms with Crippen molar-refractivity contribution in [2.24, 2.45) is 0 Å². The van der Waals surface area contributed by atoms with Crippen LogP contribution in [0.2, 0.25) is 0 Å². The van der Waals surface area contributed by atoms with Gasteiger partial charge >= 0.3 is 0 Å². The summed E-state index contributed by atoms with van der Waals surface area (Å²) in [5.41, 5.74) is 3.91. The van der Waals surface area contributed by atoms with Crippen LogP contribution in [0.3, 0.4) is 0 Å². The number of nitrogens with zero attached hydrogens (tertiary/aromatic N) is 4. The van der Waals surface area contributed by atoms with Gasteiger partial charge in [-0.25, -0.2) is 15.0 Å². The summed E-state index contributed by atoms with van der Waals surface area (Å²) in [6.07, 6.45) is 9.09. The molecule has 1 saturated carbocycles. The predicted molar refractivity (Wildman–Crippen MR) is 123 cm³/mol. The van der Waals surface area contributed by atoms with Crippen LogP contribution in [0.1, 0.15) is 49.5 Å². The Morgan fingerprint density at radius 3 is 2.53 bits per heavy atom. The minimum absolute atomic E-state index is 0.139. The minimum atomic E-state index is -0.715. The van der Waals surface area contributed by atoms with Crippen molar-refractivity contribution < 1.29 is 19.3 Å². The van der Waals surface area contributed by atoms with Crippen LogP contribution in [0.25, 0.3) is 11.2 Å². The fourth-order valence-corrected chi connectivity index (χ4v) is 6.17. The van der Waals surface area contributed by atoms with Crippen molar-refractivity contribution in [3.8, 4) is 0 Å². The van der Waals surface area contributed by atoms with E-state index in [-0.39, 0.29) is 18.8 Å². The van der Waals surface area contributed by atoms with E-state index in [4.69, 9.17) is 14.2 Å². The monoisotopic (exact) mass is 463 g/mol. The first-order valence-corrected chi connectivity index (χ1v) is 12.4. The maximum atomic E-state index is 10.1. The topological polar surface area (TPSA) is 104 Å². The second kappa shape index (κ2) is 7.98. The van der Waals surface area contributed by atoms with E-state index in [0.717, 1.165) is 24.2 Å². The van der Waals surface area contributed by atoms with Gasteiger partial charge in [-0.3, -0.25) is 4.57 Å². The number of aliphatic hydroxyl groups excluding tert-OH is 1. The Kier molecular flexibility index (Phi) is 4.87. The quantitative estimate of drug-likeness (QED) is 0.609. The predicted octanol–water partition coefficient (Wildman–Crippen LogP) is 2.74. The molecule has 2 aromatic heterocycles. The van der Waals surface area contributed by atoms with Gasteiger partial charge in [-0.2, -0.15) is 0 Å². The Balaban J connectivity index is 1.19. The van der Waals surface area contributed by atoms with Gasteiger partial charge in [0.1, 0.15) is 24.6 Å². The number of imidazole rings is 1. The average molecular weight is 464 g/mol. The Bertz CT molecular complexity index is 1180. The van der Waals surface area contributed by atoms with Crippen molar-refractivity contribution in [3.63, 3.8) is 0 Å². The van der Waals surface area contributed by atoms with Gasteiger partial charge in [0.2, 0.25) is 0 Å². The first kappa shape index (κ1) is 20.8. The van der Waals surface area contributed by atoms with E-state index >= 15 is 0 Å².